The number of aliphatic hydroxyl groups excluding tert-OH is 1. The van der Waals surface area contributed by atoms with E-state index in [0.717, 1.165) is 6.08 Å². The van der Waals surface area contributed by atoms with E-state index in [4.69, 9.17) is 4.74 Å². The number of allylic oxidation sites excluding steroid dienone is 2. The molecule has 1 fully saturated rings. The van der Waals surface area contributed by atoms with E-state index in [1.54, 1.807) is 19.1 Å². The maximum absolute atomic E-state index is 13.4. The van der Waals surface area contributed by atoms with Gasteiger partial charge in [0.05, 0.1) is 23.3 Å². The third kappa shape index (κ3) is 4.42. The molecule has 1 amide bonds. The van der Waals surface area contributed by atoms with Crippen molar-refractivity contribution in [3.05, 3.63) is 63.9 Å². The Labute approximate surface area is 214 Å². The van der Waals surface area contributed by atoms with E-state index in [0.29, 0.717) is 12.8 Å². The molecule has 0 spiro atoms. The van der Waals surface area contributed by atoms with Gasteiger partial charge in [0, 0.05) is 29.2 Å². The highest BCUT2D eigenvalue weighted by Crippen LogP contribution is 2.49. The van der Waals surface area contributed by atoms with E-state index in [1.807, 2.05) is 6.92 Å². The quantitative estimate of drug-likeness (QED) is 0.351. The predicted molar refractivity (Wildman–Crippen MR) is 133 cm³/mol. The van der Waals surface area contributed by atoms with Gasteiger partial charge in [0.25, 0.3) is 0 Å². The molecule has 196 valence electrons. The summed E-state index contributed by atoms with van der Waals surface area (Å²) in [4.78, 5) is 52.5. The summed E-state index contributed by atoms with van der Waals surface area (Å²) in [5, 5.41) is 35.5. The van der Waals surface area contributed by atoms with Gasteiger partial charge < -0.3 is 25.4 Å². The topological polar surface area (TPSA) is 150 Å². The van der Waals surface area contributed by atoms with Crippen LogP contribution < -0.4 is 5.32 Å². The summed E-state index contributed by atoms with van der Waals surface area (Å²) in [5.41, 5.74) is -2.21. The number of aliphatic hydroxyl groups is 2. The van der Waals surface area contributed by atoms with Gasteiger partial charge >= 0.3 is 5.97 Å². The van der Waals surface area contributed by atoms with Gasteiger partial charge in [-0.05, 0) is 57.2 Å². The Morgan fingerprint density at radius 1 is 1.16 bits per heavy atom. The Kier molecular flexibility index (Phi) is 6.96. The van der Waals surface area contributed by atoms with Crippen LogP contribution in [0, 0.1) is 18.8 Å². The Hall–Kier alpha value is -3.56. The highest BCUT2D eigenvalue weighted by molar-refractivity contribution is 6.17. The summed E-state index contributed by atoms with van der Waals surface area (Å²) in [5.74, 6) is -4.31. The fourth-order valence-electron chi connectivity index (χ4n) is 5.13. The van der Waals surface area contributed by atoms with Crippen molar-refractivity contribution in [3.8, 4) is 5.75 Å². The molecule has 4 bridgehead atoms. The van der Waals surface area contributed by atoms with Gasteiger partial charge in [-0.2, -0.15) is 0 Å². The number of ketones is 2. The number of aromatic hydroxyl groups is 1. The number of hydrogen-bond donors (Lipinski definition) is 4. The van der Waals surface area contributed by atoms with Gasteiger partial charge in [-0.15, -0.1) is 0 Å². The summed E-state index contributed by atoms with van der Waals surface area (Å²) in [7, 11) is 0. The summed E-state index contributed by atoms with van der Waals surface area (Å²) in [6, 6.07) is 1.39. The van der Waals surface area contributed by atoms with Crippen LogP contribution in [0.4, 0.5) is 0 Å². The van der Waals surface area contributed by atoms with Crippen molar-refractivity contribution in [1.82, 2.24) is 5.32 Å². The number of cyclic esters (lactones) is 1. The largest absolute Gasteiger partial charge is 0.507 e. The number of Topliss-reactive ketones (excluding diaryl/α,β-unsaturated/α-hetero) is 1. The number of carbonyl (C=O) groups excluding carboxylic acids is 4. The lowest BCUT2D eigenvalue weighted by Gasteiger charge is -2.34. The van der Waals surface area contributed by atoms with Gasteiger partial charge in [-0.1, -0.05) is 19.1 Å². The first-order chi connectivity index (χ1) is 17.4. The van der Waals surface area contributed by atoms with Crippen molar-refractivity contribution in [3.63, 3.8) is 0 Å². The van der Waals surface area contributed by atoms with Crippen molar-refractivity contribution in [1.29, 1.82) is 0 Å². The molecule has 2 aliphatic heterocycles. The number of carbonyl (C=O) groups is 4. The number of esters is 1. The van der Waals surface area contributed by atoms with Crippen LogP contribution in [0.1, 0.15) is 71.9 Å². The van der Waals surface area contributed by atoms with E-state index in [-0.39, 0.29) is 51.6 Å². The SMILES string of the molecule is CC[C@@H]1C=C[C@H](C(C)O)OC(=O)/C(C)=C\[C@H]2C(=O)NC3=CC(=O)c4c(cc(C)c(O)c4C(=O)CC1)[C@@]32O. The number of ether oxygens (including phenoxy) is 1. The Morgan fingerprint density at radius 3 is 2.51 bits per heavy atom. The number of phenolic OH excluding ortho intramolecular Hbond substituents is 1. The predicted octanol–water partition coefficient (Wildman–Crippen LogP) is 2.51. The minimum Gasteiger partial charge on any atom is -0.507 e. The molecule has 5 atom stereocenters. The molecule has 1 saturated heterocycles. The van der Waals surface area contributed by atoms with Crippen LogP contribution in [-0.2, 0) is 19.9 Å². The fraction of sp³-hybridized carbons (Fsp3) is 0.429. The zero-order valence-corrected chi connectivity index (χ0v) is 21.2. The lowest BCUT2D eigenvalue weighted by atomic mass is 9.72. The second-order valence-electron chi connectivity index (χ2n) is 9.97. The molecule has 9 nitrogen and oxygen atoms in total. The van der Waals surface area contributed by atoms with Gasteiger partial charge in [-0.3, -0.25) is 14.4 Å². The van der Waals surface area contributed by atoms with E-state index in [9.17, 15) is 34.5 Å². The first kappa shape index (κ1) is 26.5. The smallest absolute Gasteiger partial charge is 0.334 e. The third-order valence-electron chi connectivity index (χ3n) is 7.40. The van der Waals surface area contributed by atoms with Gasteiger partial charge in [0.1, 0.15) is 17.5 Å². The number of amides is 1. The Bertz CT molecular complexity index is 1290. The molecule has 3 aliphatic rings. The second kappa shape index (κ2) is 9.72. The molecule has 1 unspecified atom stereocenters. The monoisotopic (exact) mass is 509 g/mol. The zero-order valence-electron chi connectivity index (χ0n) is 21.2. The first-order valence-corrected chi connectivity index (χ1v) is 12.4. The summed E-state index contributed by atoms with van der Waals surface area (Å²) >= 11 is 0. The highest BCUT2D eigenvalue weighted by atomic mass is 16.6. The molecule has 4 N–H and O–H groups in total. The Balaban J connectivity index is 1.96. The third-order valence-corrected chi connectivity index (χ3v) is 7.40. The van der Waals surface area contributed by atoms with Crippen LogP contribution in [0.3, 0.4) is 0 Å². The highest BCUT2D eigenvalue weighted by Gasteiger charge is 2.55. The lowest BCUT2D eigenvalue weighted by molar-refractivity contribution is -0.146. The number of aryl methyl sites for hydroxylation is 1. The lowest BCUT2D eigenvalue weighted by Crippen LogP contribution is -2.39. The van der Waals surface area contributed by atoms with E-state index in [2.05, 4.69) is 5.32 Å². The van der Waals surface area contributed by atoms with Crippen LogP contribution in [0.25, 0.3) is 0 Å². The van der Waals surface area contributed by atoms with E-state index >= 15 is 0 Å². The molecule has 1 aliphatic carbocycles. The average molecular weight is 510 g/mol. The van der Waals surface area contributed by atoms with Crippen LogP contribution >= 0.6 is 0 Å². The number of hydrogen-bond acceptors (Lipinski definition) is 8. The molecule has 4 rings (SSSR count). The molecular weight excluding hydrogens is 478 g/mol. The van der Waals surface area contributed by atoms with Crippen molar-refractivity contribution in [2.75, 3.05) is 0 Å². The molecule has 1 aromatic carbocycles. The molecule has 0 saturated carbocycles. The molecule has 0 aromatic heterocycles. The van der Waals surface area contributed by atoms with E-state index in [1.165, 1.54) is 26.0 Å². The number of phenols is 1. The fourth-order valence-corrected chi connectivity index (χ4v) is 5.13. The maximum atomic E-state index is 13.4. The molecular formula is C28H31NO8. The van der Waals surface area contributed by atoms with Crippen LogP contribution in [0.15, 0.2) is 41.6 Å². The van der Waals surface area contributed by atoms with Crippen molar-refractivity contribution in [2.45, 2.75) is 64.8 Å². The summed E-state index contributed by atoms with van der Waals surface area (Å²) in [6.07, 6.45) is 4.68. The minimum absolute atomic E-state index is 0.00661. The summed E-state index contributed by atoms with van der Waals surface area (Å²) < 4.78 is 5.49. The first-order valence-electron chi connectivity index (χ1n) is 12.4. The number of rotatable bonds is 2. The number of benzene rings is 1. The molecule has 0 radical (unpaired) electrons. The van der Waals surface area contributed by atoms with Crippen LogP contribution in [0.5, 0.6) is 5.75 Å². The number of nitrogens with one attached hydrogen (secondary N) is 1. The molecule has 9 heteroatoms. The molecule has 2 heterocycles. The van der Waals surface area contributed by atoms with Gasteiger partial charge in [0.2, 0.25) is 5.91 Å². The van der Waals surface area contributed by atoms with Gasteiger partial charge in [0.15, 0.2) is 11.6 Å². The van der Waals surface area contributed by atoms with Crippen molar-refractivity contribution >= 4 is 23.4 Å². The minimum atomic E-state index is -2.08. The maximum Gasteiger partial charge on any atom is 0.334 e. The Morgan fingerprint density at radius 2 is 1.86 bits per heavy atom. The molecule has 1 aromatic rings. The second-order valence-corrected chi connectivity index (χ2v) is 9.97. The van der Waals surface area contributed by atoms with E-state index < -0.39 is 47.2 Å². The van der Waals surface area contributed by atoms with Crippen molar-refractivity contribution in [2.24, 2.45) is 11.8 Å². The normalized spacial score (nSPS) is 30.3. The van der Waals surface area contributed by atoms with Crippen LogP contribution in [0.2, 0.25) is 0 Å². The average Bonchev–Trinajstić information content (AvgIpc) is 3.08. The summed E-state index contributed by atoms with van der Waals surface area (Å²) in [6.45, 7) is 6.37. The molecule has 37 heavy (non-hydrogen) atoms. The standard InChI is InChI=1S/C28H31NO8/c1-5-16-6-8-19(31)24-23-17(10-13(2)25(24)33)28(36)18(26(34)29-22(28)12-20(23)32)11-14(3)27(35)37-21(9-7-16)15(4)30/h7,9-12,15-16,18,21,30,33,36H,5-6,8H2,1-4H3,(H,29,34)/b9-7?,14-11-/t15?,16-,18-,21+,28-/m0/s1. The van der Waals surface area contributed by atoms with Crippen molar-refractivity contribution < 1.29 is 39.2 Å². The zero-order chi connectivity index (χ0) is 27.2. The van der Waals surface area contributed by atoms with Crippen LogP contribution in [-0.4, -0.2) is 51.0 Å². The van der Waals surface area contributed by atoms with Gasteiger partial charge in [-0.25, -0.2) is 4.79 Å².